The van der Waals surface area contributed by atoms with Crippen LogP contribution in [0.4, 0.5) is 5.69 Å². The van der Waals surface area contributed by atoms with Crippen LogP contribution in [0.1, 0.15) is 49.3 Å². The maximum absolute atomic E-state index is 12.6. The van der Waals surface area contributed by atoms with Gasteiger partial charge in [-0.3, -0.25) is 19.3 Å². The minimum absolute atomic E-state index is 0.292. The summed E-state index contributed by atoms with van der Waals surface area (Å²) in [4.78, 5) is 50.9. The van der Waals surface area contributed by atoms with Crippen LogP contribution in [0, 0.1) is 32.6 Å². The number of imide groups is 1. The van der Waals surface area contributed by atoms with Gasteiger partial charge in [0.15, 0.2) is 6.61 Å². The van der Waals surface area contributed by atoms with Crippen molar-refractivity contribution in [2.45, 2.75) is 59.4 Å². The number of amides is 3. The van der Waals surface area contributed by atoms with E-state index in [4.69, 9.17) is 4.74 Å². The lowest BCUT2D eigenvalue weighted by molar-refractivity contribution is -0.159. The van der Waals surface area contributed by atoms with E-state index in [1.807, 2.05) is 32.9 Å². The van der Waals surface area contributed by atoms with Crippen LogP contribution in [-0.2, 0) is 23.9 Å². The maximum Gasteiger partial charge on any atom is 0.329 e. The third-order valence-corrected chi connectivity index (χ3v) is 5.89. The van der Waals surface area contributed by atoms with Crippen molar-refractivity contribution in [3.63, 3.8) is 0 Å². The number of likely N-dealkylation sites (tertiary alicyclic amines) is 1. The first-order valence-electron chi connectivity index (χ1n) is 10.1. The van der Waals surface area contributed by atoms with E-state index < -0.39 is 24.5 Å². The molecule has 29 heavy (non-hydrogen) atoms. The number of fused-ring (bicyclic) bond motifs is 1. The third-order valence-electron chi connectivity index (χ3n) is 5.89. The van der Waals surface area contributed by atoms with Gasteiger partial charge in [0, 0.05) is 5.69 Å². The Hall–Kier alpha value is -2.70. The molecule has 1 aliphatic carbocycles. The molecule has 1 heterocycles. The second-order valence-corrected chi connectivity index (χ2v) is 8.15. The minimum atomic E-state index is -1.03. The van der Waals surface area contributed by atoms with Gasteiger partial charge in [0.2, 0.25) is 11.8 Å². The molecule has 1 N–H and O–H groups in total. The molecule has 0 bridgehead atoms. The second-order valence-electron chi connectivity index (χ2n) is 8.15. The molecular formula is C22H28N2O5. The van der Waals surface area contributed by atoms with E-state index in [0.29, 0.717) is 18.5 Å². The number of carbonyl (C=O) groups excluding carboxylic acids is 4. The molecule has 0 unspecified atom stereocenters. The lowest BCUT2D eigenvalue weighted by Gasteiger charge is -2.21. The number of nitrogens with zero attached hydrogens (tertiary/aromatic N) is 1. The summed E-state index contributed by atoms with van der Waals surface area (Å²) in [5.41, 5.74) is 3.63. The number of esters is 1. The number of rotatable bonds is 5. The highest BCUT2D eigenvalue weighted by Gasteiger charge is 2.51. The van der Waals surface area contributed by atoms with Gasteiger partial charge in [-0.05, 0) is 51.7 Å². The highest BCUT2D eigenvalue weighted by molar-refractivity contribution is 6.08. The smallest absolute Gasteiger partial charge is 0.329 e. The molecule has 3 amide bonds. The van der Waals surface area contributed by atoms with Gasteiger partial charge in [0.05, 0.1) is 11.8 Å². The van der Waals surface area contributed by atoms with Crippen LogP contribution in [0.5, 0.6) is 0 Å². The molecule has 1 aliphatic heterocycles. The first kappa shape index (κ1) is 21.0. The summed E-state index contributed by atoms with van der Waals surface area (Å²) in [6.07, 6.45) is 3.21. The van der Waals surface area contributed by atoms with Gasteiger partial charge in [-0.1, -0.05) is 30.5 Å². The fraction of sp³-hybridized carbons (Fsp3) is 0.545. The lowest BCUT2D eigenvalue weighted by atomic mass is 9.81. The fourth-order valence-electron chi connectivity index (χ4n) is 4.49. The Morgan fingerprint density at radius 2 is 1.59 bits per heavy atom. The van der Waals surface area contributed by atoms with Gasteiger partial charge in [-0.2, -0.15) is 0 Å². The Bertz CT molecular complexity index is 816. The Balaban J connectivity index is 1.58. The molecule has 0 aromatic heterocycles. The van der Waals surface area contributed by atoms with Crippen molar-refractivity contribution in [1.29, 1.82) is 0 Å². The van der Waals surface area contributed by atoms with Crippen LogP contribution < -0.4 is 5.32 Å². The molecular weight excluding hydrogens is 372 g/mol. The molecule has 1 saturated heterocycles. The van der Waals surface area contributed by atoms with Crippen molar-refractivity contribution < 1.29 is 23.9 Å². The largest absolute Gasteiger partial charge is 0.454 e. The van der Waals surface area contributed by atoms with Crippen LogP contribution in [0.15, 0.2) is 12.1 Å². The van der Waals surface area contributed by atoms with Gasteiger partial charge in [-0.25, -0.2) is 4.79 Å². The van der Waals surface area contributed by atoms with Crippen LogP contribution in [-0.4, -0.2) is 41.2 Å². The van der Waals surface area contributed by atoms with Crippen LogP contribution in [0.3, 0.4) is 0 Å². The van der Waals surface area contributed by atoms with Gasteiger partial charge in [0.25, 0.3) is 5.91 Å². The fourth-order valence-corrected chi connectivity index (χ4v) is 4.49. The Morgan fingerprint density at radius 3 is 2.10 bits per heavy atom. The van der Waals surface area contributed by atoms with Gasteiger partial charge in [-0.15, -0.1) is 0 Å². The van der Waals surface area contributed by atoms with Crippen molar-refractivity contribution in [3.8, 4) is 0 Å². The first-order valence-corrected chi connectivity index (χ1v) is 10.1. The number of carbonyl (C=O) groups is 4. The van der Waals surface area contributed by atoms with Crippen LogP contribution in [0.2, 0.25) is 0 Å². The highest BCUT2D eigenvalue weighted by Crippen LogP contribution is 2.38. The van der Waals surface area contributed by atoms with Crippen molar-refractivity contribution in [1.82, 2.24) is 4.90 Å². The number of anilines is 1. The first-order chi connectivity index (χ1) is 13.7. The predicted molar refractivity (Wildman–Crippen MR) is 107 cm³/mol. The normalized spacial score (nSPS) is 22.3. The summed E-state index contributed by atoms with van der Waals surface area (Å²) >= 11 is 0. The Kier molecular flexibility index (Phi) is 6.05. The average Bonchev–Trinajstić information content (AvgIpc) is 2.93. The van der Waals surface area contributed by atoms with Gasteiger partial charge < -0.3 is 10.1 Å². The summed E-state index contributed by atoms with van der Waals surface area (Å²) in [6, 6.07) is 2.89. The summed E-state index contributed by atoms with van der Waals surface area (Å²) in [6.45, 7) is 6.77. The topological polar surface area (TPSA) is 92.8 Å². The molecule has 3 atom stereocenters. The number of aryl methyl sites for hydroxylation is 3. The summed E-state index contributed by atoms with van der Waals surface area (Å²) in [7, 11) is 0. The lowest BCUT2D eigenvalue weighted by Crippen LogP contribution is -2.45. The van der Waals surface area contributed by atoms with E-state index in [2.05, 4.69) is 5.32 Å². The van der Waals surface area contributed by atoms with Crippen molar-refractivity contribution in [2.75, 3.05) is 11.9 Å². The zero-order chi connectivity index (χ0) is 21.3. The van der Waals surface area contributed by atoms with Crippen LogP contribution in [0.25, 0.3) is 0 Å². The van der Waals surface area contributed by atoms with Gasteiger partial charge in [0.1, 0.15) is 6.04 Å². The quantitative estimate of drug-likeness (QED) is 0.606. The van der Waals surface area contributed by atoms with E-state index in [1.54, 1.807) is 0 Å². The van der Waals surface area contributed by atoms with Crippen molar-refractivity contribution in [3.05, 3.63) is 28.8 Å². The molecule has 3 rings (SSSR count). The van der Waals surface area contributed by atoms with E-state index >= 15 is 0 Å². The number of hydrogen-bond acceptors (Lipinski definition) is 5. The molecule has 2 aliphatic rings. The molecule has 0 spiro atoms. The molecule has 156 valence electrons. The minimum Gasteiger partial charge on any atom is -0.454 e. The zero-order valence-corrected chi connectivity index (χ0v) is 17.4. The van der Waals surface area contributed by atoms with Crippen LogP contribution >= 0.6 is 0 Å². The molecule has 1 aromatic carbocycles. The molecule has 7 nitrogen and oxygen atoms in total. The van der Waals surface area contributed by atoms with E-state index in [9.17, 15) is 19.2 Å². The van der Waals surface area contributed by atoms with Crippen molar-refractivity contribution in [2.24, 2.45) is 11.8 Å². The Labute approximate surface area is 170 Å². The Morgan fingerprint density at radius 1 is 1.07 bits per heavy atom. The number of nitrogens with one attached hydrogen (secondary N) is 1. The van der Waals surface area contributed by atoms with E-state index in [-0.39, 0.29) is 23.7 Å². The SMILES string of the molecule is Cc1cc(C)c(NC(=O)COC(=O)[C@H](C)N2C(=O)[C@H]3CCCC[C@@H]3C2=O)c(C)c1. The zero-order valence-electron chi connectivity index (χ0n) is 17.4. The summed E-state index contributed by atoms with van der Waals surface area (Å²) in [5.74, 6) is -2.44. The molecule has 1 aromatic rings. The summed E-state index contributed by atoms with van der Waals surface area (Å²) < 4.78 is 5.11. The molecule has 7 heteroatoms. The summed E-state index contributed by atoms with van der Waals surface area (Å²) in [5, 5.41) is 2.76. The average molecular weight is 400 g/mol. The third kappa shape index (κ3) is 4.18. The molecule has 0 radical (unpaired) electrons. The highest BCUT2D eigenvalue weighted by atomic mass is 16.5. The van der Waals surface area contributed by atoms with Gasteiger partial charge >= 0.3 is 5.97 Å². The predicted octanol–water partition coefficient (Wildman–Crippen LogP) is 2.66. The van der Waals surface area contributed by atoms with E-state index in [1.165, 1.54) is 6.92 Å². The number of benzene rings is 1. The molecule has 1 saturated carbocycles. The molecule has 2 fully saturated rings. The number of hydrogen-bond donors (Lipinski definition) is 1. The number of ether oxygens (including phenoxy) is 1. The maximum atomic E-state index is 12.6. The van der Waals surface area contributed by atoms with Crippen molar-refractivity contribution >= 4 is 29.4 Å². The monoisotopic (exact) mass is 400 g/mol. The standard InChI is InChI=1S/C22H28N2O5/c1-12-9-13(2)19(14(3)10-12)23-18(25)11-29-22(28)15(4)24-20(26)16-7-5-6-8-17(16)21(24)27/h9-10,15-17H,5-8,11H2,1-4H3,(H,23,25)/t15-,16-,17-/m0/s1. The second kappa shape index (κ2) is 8.35. The van der Waals surface area contributed by atoms with E-state index in [0.717, 1.165) is 34.4 Å².